The van der Waals surface area contributed by atoms with Gasteiger partial charge in [0.15, 0.2) is 5.82 Å². The molecule has 0 saturated heterocycles. The van der Waals surface area contributed by atoms with Gasteiger partial charge in [0.25, 0.3) is 0 Å². The van der Waals surface area contributed by atoms with E-state index in [1.54, 1.807) is 18.5 Å². The first kappa shape index (κ1) is 20.0. The summed E-state index contributed by atoms with van der Waals surface area (Å²) >= 11 is 2.67. The Morgan fingerprint density at radius 3 is 2.65 bits per heavy atom. The van der Waals surface area contributed by atoms with Gasteiger partial charge in [-0.3, -0.25) is 9.98 Å². The molecule has 4 heterocycles. The van der Waals surface area contributed by atoms with Crippen LogP contribution in [-0.2, 0) is 17.5 Å². The first-order valence-corrected chi connectivity index (χ1v) is 10.8. The van der Waals surface area contributed by atoms with Gasteiger partial charge in [-0.25, -0.2) is 0 Å². The molecular weight excluding hydrogens is 449 g/mol. The first-order valence-electron chi connectivity index (χ1n) is 9.00. The van der Waals surface area contributed by atoms with E-state index in [4.69, 9.17) is 4.99 Å². The van der Waals surface area contributed by atoms with Crippen LogP contribution in [0, 0.1) is 11.3 Å². The number of nitriles is 1. The number of alkyl halides is 3. The average molecular weight is 460 g/mol. The zero-order chi connectivity index (χ0) is 21.6. The van der Waals surface area contributed by atoms with Crippen LogP contribution < -0.4 is 0 Å². The van der Waals surface area contributed by atoms with E-state index in [2.05, 4.69) is 25.4 Å². The molecule has 1 aliphatic heterocycles. The monoisotopic (exact) mass is 460 g/mol. The maximum Gasteiger partial charge on any atom is 0.417 e. The van der Waals surface area contributed by atoms with E-state index in [0.29, 0.717) is 5.82 Å². The van der Waals surface area contributed by atoms with Crippen LogP contribution in [0.4, 0.5) is 13.2 Å². The predicted octanol–water partition coefficient (Wildman–Crippen LogP) is 3.73. The lowest BCUT2D eigenvalue weighted by molar-refractivity contribution is -0.137. The molecule has 8 nitrogen and oxygen atoms in total. The highest BCUT2D eigenvalue weighted by Crippen LogP contribution is 2.56. The Hall–Kier alpha value is -2.98. The van der Waals surface area contributed by atoms with Gasteiger partial charge in [-0.05, 0) is 36.7 Å². The molecule has 13 heteroatoms. The summed E-state index contributed by atoms with van der Waals surface area (Å²) in [4.78, 5) is 10.1. The molecule has 0 unspecified atom stereocenters. The number of nitrogens with zero attached hydrogens (tertiary/aromatic N) is 8. The minimum atomic E-state index is -4.54. The third kappa shape index (κ3) is 3.77. The molecule has 1 aliphatic carbocycles. The fourth-order valence-corrected chi connectivity index (χ4v) is 5.31. The van der Waals surface area contributed by atoms with Gasteiger partial charge in [0.1, 0.15) is 15.5 Å². The zero-order valence-electron chi connectivity index (χ0n) is 15.5. The number of aliphatic imine (C=N–C) groups is 1. The van der Waals surface area contributed by atoms with E-state index < -0.39 is 11.7 Å². The molecule has 0 atom stereocenters. The van der Waals surface area contributed by atoms with E-state index >= 15 is 0 Å². The van der Waals surface area contributed by atoms with E-state index in [9.17, 15) is 18.4 Å². The van der Waals surface area contributed by atoms with E-state index in [0.717, 1.165) is 40.1 Å². The maximum absolute atomic E-state index is 12.9. The van der Waals surface area contributed by atoms with Gasteiger partial charge in [0.05, 0.1) is 34.8 Å². The smallest absolute Gasteiger partial charge is 0.260 e. The summed E-state index contributed by atoms with van der Waals surface area (Å²) in [6, 6.07) is 4.51. The molecular formula is C18H11F3N8S2. The highest BCUT2D eigenvalue weighted by Gasteiger charge is 2.49. The molecule has 1 saturated carbocycles. The fraction of sp³-hybridized carbons (Fsp3) is 0.278. The van der Waals surface area contributed by atoms with Gasteiger partial charge in [-0.1, -0.05) is 11.8 Å². The van der Waals surface area contributed by atoms with Gasteiger partial charge in [0, 0.05) is 17.5 Å². The second kappa shape index (κ2) is 7.31. The van der Waals surface area contributed by atoms with Crippen molar-refractivity contribution in [2.75, 3.05) is 0 Å². The Bertz CT molecular complexity index is 1230. The van der Waals surface area contributed by atoms with E-state index in [1.807, 2.05) is 6.07 Å². The van der Waals surface area contributed by atoms with Gasteiger partial charge in [-0.15, -0.1) is 15.0 Å². The normalized spacial score (nSPS) is 16.5. The van der Waals surface area contributed by atoms with Crippen LogP contribution >= 0.6 is 23.5 Å². The maximum atomic E-state index is 12.9. The molecule has 0 N–H and O–H groups in total. The van der Waals surface area contributed by atoms with Crippen molar-refractivity contribution in [2.45, 2.75) is 35.3 Å². The van der Waals surface area contributed by atoms with Crippen molar-refractivity contribution in [3.05, 3.63) is 53.1 Å². The third-order valence-electron chi connectivity index (χ3n) is 4.84. The number of pyridine rings is 1. The number of hydrogen-bond acceptors (Lipinski definition) is 9. The van der Waals surface area contributed by atoms with Crippen molar-refractivity contribution in [2.24, 2.45) is 4.99 Å². The number of halogens is 3. The Kier molecular flexibility index (Phi) is 4.71. The zero-order valence-corrected chi connectivity index (χ0v) is 17.2. The van der Waals surface area contributed by atoms with Crippen LogP contribution in [0.1, 0.15) is 35.2 Å². The topological polar surface area (TPSA) is 106 Å². The van der Waals surface area contributed by atoms with Gasteiger partial charge in [-0.2, -0.15) is 28.6 Å². The highest BCUT2D eigenvalue weighted by molar-refractivity contribution is 8.38. The van der Waals surface area contributed by atoms with Crippen LogP contribution in [0.3, 0.4) is 0 Å². The van der Waals surface area contributed by atoms with Crippen LogP contribution in [0.2, 0.25) is 0 Å². The fourth-order valence-electron chi connectivity index (χ4n) is 3.10. The lowest BCUT2D eigenvalue weighted by atomic mass is 10.1. The lowest BCUT2D eigenvalue weighted by Crippen LogP contribution is -2.16. The minimum Gasteiger partial charge on any atom is -0.260 e. The lowest BCUT2D eigenvalue weighted by Gasteiger charge is -2.21. The van der Waals surface area contributed by atoms with Gasteiger partial charge in [0.2, 0.25) is 0 Å². The number of fused-ring (bicyclic) bond motifs is 2. The van der Waals surface area contributed by atoms with Crippen molar-refractivity contribution in [1.82, 2.24) is 30.2 Å². The highest BCUT2D eigenvalue weighted by atomic mass is 32.2. The predicted molar refractivity (Wildman–Crippen MR) is 106 cm³/mol. The van der Waals surface area contributed by atoms with E-state index in [-0.39, 0.29) is 22.5 Å². The van der Waals surface area contributed by atoms with Crippen molar-refractivity contribution in [3.63, 3.8) is 0 Å². The second-order valence-electron chi connectivity index (χ2n) is 6.87. The average Bonchev–Trinajstić information content (AvgIpc) is 3.30. The molecule has 0 amide bonds. The van der Waals surface area contributed by atoms with Crippen LogP contribution in [0.25, 0.3) is 5.82 Å². The molecule has 5 rings (SSSR count). The van der Waals surface area contributed by atoms with Gasteiger partial charge >= 0.3 is 6.18 Å². The van der Waals surface area contributed by atoms with Crippen molar-refractivity contribution < 1.29 is 13.2 Å². The van der Waals surface area contributed by atoms with Crippen molar-refractivity contribution in [1.29, 1.82) is 5.26 Å². The Morgan fingerprint density at radius 2 is 1.97 bits per heavy atom. The quantitative estimate of drug-likeness (QED) is 0.582. The third-order valence-corrected chi connectivity index (χ3v) is 6.96. The molecule has 1 fully saturated rings. The molecule has 0 aromatic carbocycles. The Morgan fingerprint density at radius 1 is 1.19 bits per heavy atom. The summed E-state index contributed by atoms with van der Waals surface area (Å²) < 4.78 is 39.3. The number of aromatic nitrogens is 6. The molecule has 0 bridgehead atoms. The Labute approximate surface area is 182 Å². The van der Waals surface area contributed by atoms with E-state index in [1.165, 1.54) is 28.3 Å². The molecule has 3 aromatic rings. The largest absolute Gasteiger partial charge is 0.417 e. The number of hydrogen-bond donors (Lipinski definition) is 0. The summed E-state index contributed by atoms with van der Waals surface area (Å²) in [6.45, 7) is 0. The molecule has 156 valence electrons. The number of thioether (sulfide) groups is 2. The van der Waals surface area contributed by atoms with Crippen LogP contribution in [-0.4, -0.2) is 34.6 Å². The Balaban J connectivity index is 1.37. The van der Waals surface area contributed by atoms with Crippen LogP contribution in [0.5, 0.6) is 0 Å². The van der Waals surface area contributed by atoms with Crippen molar-refractivity contribution in [3.8, 4) is 11.9 Å². The SMILES string of the molecule is N#Cc1cc(C(F)(F)F)cnc1CSC1=NC2(CC2)c2cc(-n3nccn3)nnc2S1. The summed E-state index contributed by atoms with van der Waals surface area (Å²) in [5.41, 5.74) is -0.154. The van der Waals surface area contributed by atoms with Crippen molar-refractivity contribution >= 4 is 27.9 Å². The summed E-state index contributed by atoms with van der Waals surface area (Å²) in [5.74, 6) is 0.732. The standard InChI is InChI=1S/C18H11F3N8S2/c19-18(20,21)11-5-10(7-22)13(23-8-11)9-30-16-26-17(1-2-17)12-6-14(27-28-15(12)31-16)29-24-3-4-25-29/h3-6,8H,1-2,9H2. The summed E-state index contributed by atoms with van der Waals surface area (Å²) in [7, 11) is 0. The number of rotatable bonds is 3. The van der Waals surface area contributed by atoms with Crippen LogP contribution in [0.15, 0.2) is 40.7 Å². The molecule has 0 radical (unpaired) electrons. The summed E-state index contributed by atoms with van der Waals surface area (Å²) in [5, 5.41) is 26.6. The summed E-state index contributed by atoms with van der Waals surface area (Å²) in [6.07, 6.45) is 1.05. The minimum absolute atomic E-state index is 0.0959. The molecule has 1 spiro atoms. The molecule has 2 aliphatic rings. The molecule has 3 aromatic heterocycles. The first-order chi connectivity index (χ1) is 14.9. The second-order valence-corrected chi connectivity index (χ2v) is 9.07. The molecule has 31 heavy (non-hydrogen) atoms. The van der Waals surface area contributed by atoms with Gasteiger partial charge < -0.3 is 0 Å².